The van der Waals surface area contributed by atoms with Crippen LogP contribution in [0.2, 0.25) is 0 Å². The van der Waals surface area contributed by atoms with Crippen LogP contribution in [0.4, 0.5) is 0 Å². The highest BCUT2D eigenvalue weighted by Gasteiger charge is 2.12. The van der Waals surface area contributed by atoms with E-state index in [1.54, 1.807) is 0 Å². The van der Waals surface area contributed by atoms with E-state index < -0.39 is 0 Å². The van der Waals surface area contributed by atoms with Crippen molar-refractivity contribution in [2.75, 3.05) is 19.6 Å². The lowest BCUT2D eigenvalue weighted by molar-refractivity contribution is 0.0956. The summed E-state index contributed by atoms with van der Waals surface area (Å²) in [7, 11) is 0. The third-order valence-electron chi connectivity index (χ3n) is 4.68. The number of carbonyl (C=O) groups excluding carboxylic acids is 1. The van der Waals surface area contributed by atoms with Gasteiger partial charge < -0.3 is 5.32 Å². The summed E-state index contributed by atoms with van der Waals surface area (Å²) in [6, 6.07) is 8.09. The summed E-state index contributed by atoms with van der Waals surface area (Å²) in [4.78, 5) is 14.7. The van der Waals surface area contributed by atoms with Crippen LogP contribution in [-0.4, -0.2) is 30.4 Å². The summed E-state index contributed by atoms with van der Waals surface area (Å²) < 4.78 is 0. The van der Waals surface area contributed by atoms with Gasteiger partial charge in [-0.15, -0.1) is 0 Å². The number of amides is 1. The van der Waals surface area contributed by atoms with Gasteiger partial charge in [-0.05, 0) is 69.3 Å². The van der Waals surface area contributed by atoms with Gasteiger partial charge in [-0.1, -0.05) is 23.8 Å². The number of benzene rings is 1. The molecule has 1 fully saturated rings. The van der Waals surface area contributed by atoms with Crippen LogP contribution in [0.15, 0.2) is 35.9 Å². The third kappa shape index (κ3) is 4.20. The second kappa shape index (κ2) is 7.59. The molecule has 2 aliphatic rings. The van der Waals surface area contributed by atoms with Crippen LogP contribution in [0.5, 0.6) is 0 Å². The number of allylic oxidation sites excluding steroid dienone is 1. The van der Waals surface area contributed by atoms with E-state index in [4.69, 9.17) is 0 Å². The largest absolute Gasteiger partial charge is 0.348 e. The van der Waals surface area contributed by atoms with Gasteiger partial charge in [0.1, 0.15) is 0 Å². The molecule has 3 nitrogen and oxygen atoms in total. The highest BCUT2D eigenvalue weighted by atomic mass is 16.1. The average Bonchev–Trinajstić information content (AvgIpc) is 3.07. The van der Waals surface area contributed by atoms with E-state index >= 15 is 0 Å². The molecule has 1 aliphatic carbocycles. The molecular formula is C19H26N2O. The van der Waals surface area contributed by atoms with Crippen molar-refractivity contribution in [3.63, 3.8) is 0 Å². The van der Waals surface area contributed by atoms with Crippen molar-refractivity contribution in [3.8, 4) is 0 Å². The Morgan fingerprint density at radius 3 is 2.50 bits per heavy atom. The smallest absolute Gasteiger partial charge is 0.251 e. The Morgan fingerprint density at radius 2 is 1.82 bits per heavy atom. The lowest BCUT2D eigenvalue weighted by Gasteiger charge is -2.15. The molecule has 0 bridgehead atoms. The quantitative estimate of drug-likeness (QED) is 0.844. The maximum Gasteiger partial charge on any atom is 0.251 e. The summed E-state index contributed by atoms with van der Waals surface area (Å²) in [6.07, 6.45) is 9.75. The Hall–Kier alpha value is -1.61. The van der Waals surface area contributed by atoms with Crippen LogP contribution in [0.1, 0.15) is 54.4 Å². The third-order valence-corrected chi connectivity index (χ3v) is 4.68. The van der Waals surface area contributed by atoms with Crippen LogP contribution in [0, 0.1) is 0 Å². The Kier molecular flexibility index (Phi) is 5.28. The molecule has 0 radical (unpaired) electrons. The molecule has 1 aromatic carbocycles. The molecule has 3 heteroatoms. The molecule has 1 N–H and O–H groups in total. The Bertz CT molecular complexity index is 527. The highest BCUT2D eigenvalue weighted by Crippen LogP contribution is 2.17. The molecule has 0 saturated carbocycles. The van der Waals surface area contributed by atoms with Gasteiger partial charge in [0.15, 0.2) is 0 Å². The van der Waals surface area contributed by atoms with Gasteiger partial charge >= 0.3 is 0 Å². The second-order valence-corrected chi connectivity index (χ2v) is 6.47. The summed E-state index contributed by atoms with van der Waals surface area (Å²) in [5.41, 5.74) is 3.44. The number of nitrogens with one attached hydrogen (secondary N) is 1. The van der Waals surface area contributed by atoms with Gasteiger partial charge in [0.05, 0.1) is 0 Å². The van der Waals surface area contributed by atoms with Gasteiger partial charge in [-0.25, -0.2) is 0 Å². The van der Waals surface area contributed by atoms with E-state index in [0.717, 1.165) is 24.9 Å². The Balaban J connectivity index is 1.50. The van der Waals surface area contributed by atoms with Gasteiger partial charge in [0, 0.05) is 18.7 Å². The molecule has 1 aromatic rings. The van der Waals surface area contributed by atoms with Crippen LogP contribution in [0.25, 0.3) is 0 Å². The summed E-state index contributed by atoms with van der Waals surface area (Å²) >= 11 is 0. The Morgan fingerprint density at radius 1 is 1.05 bits per heavy atom. The SMILES string of the molecule is O=C(NCC1=CCCCC1)c1ccc(CN2CCCC2)cc1. The van der Waals surface area contributed by atoms with Crippen molar-refractivity contribution in [2.24, 2.45) is 0 Å². The van der Waals surface area contributed by atoms with Crippen LogP contribution in [-0.2, 0) is 6.54 Å². The van der Waals surface area contributed by atoms with Gasteiger partial charge in [0.25, 0.3) is 5.91 Å². The minimum atomic E-state index is 0.0409. The standard InChI is InChI=1S/C19H26N2O/c22-19(20-14-16-6-2-1-3-7-16)18-10-8-17(9-11-18)15-21-12-4-5-13-21/h6,8-11H,1-5,7,12-15H2,(H,20,22). The topological polar surface area (TPSA) is 32.3 Å². The first-order chi connectivity index (χ1) is 10.8. The molecule has 1 amide bonds. The first-order valence-electron chi connectivity index (χ1n) is 8.59. The van der Waals surface area contributed by atoms with E-state index in [-0.39, 0.29) is 5.91 Å². The molecule has 1 aliphatic heterocycles. The predicted octanol–water partition coefficient (Wildman–Crippen LogP) is 3.51. The van der Waals surface area contributed by atoms with Gasteiger partial charge in [0.2, 0.25) is 0 Å². The molecule has 1 heterocycles. The van der Waals surface area contributed by atoms with E-state index in [9.17, 15) is 4.79 Å². The van der Waals surface area contributed by atoms with Crippen molar-refractivity contribution in [3.05, 3.63) is 47.0 Å². The fourth-order valence-corrected chi connectivity index (χ4v) is 3.32. The predicted molar refractivity (Wildman–Crippen MR) is 89.8 cm³/mol. The first-order valence-corrected chi connectivity index (χ1v) is 8.59. The Labute approximate surface area is 133 Å². The lowest BCUT2D eigenvalue weighted by Crippen LogP contribution is -2.26. The summed E-state index contributed by atoms with van der Waals surface area (Å²) in [5.74, 6) is 0.0409. The summed E-state index contributed by atoms with van der Waals surface area (Å²) in [6.45, 7) is 4.12. The van der Waals surface area contributed by atoms with Crippen molar-refractivity contribution < 1.29 is 4.79 Å². The molecule has 3 rings (SSSR count). The van der Waals surface area contributed by atoms with Crippen molar-refractivity contribution >= 4 is 5.91 Å². The maximum absolute atomic E-state index is 12.2. The van der Waals surface area contributed by atoms with Crippen LogP contribution >= 0.6 is 0 Å². The average molecular weight is 298 g/mol. The number of carbonyl (C=O) groups is 1. The van der Waals surface area contributed by atoms with Crippen LogP contribution in [0.3, 0.4) is 0 Å². The number of nitrogens with zero attached hydrogens (tertiary/aromatic N) is 1. The number of hydrogen-bond acceptors (Lipinski definition) is 2. The van der Waals surface area contributed by atoms with Gasteiger partial charge in [-0.2, -0.15) is 0 Å². The number of likely N-dealkylation sites (tertiary alicyclic amines) is 1. The zero-order valence-electron chi connectivity index (χ0n) is 13.3. The lowest BCUT2D eigenvalue weighted by atomic mass is 9.99. The van der Waals surface area contributed by atoms with E-state index in [2.05, 4.69) is 28.4 Å². The molecule has 22 heavy (non-hydrogen) atoms. The normalized spacial score (nSPS) is 19.0. The van der Waals surface area contributed by atoms with Crippen molar-refractivity contribution in [1.82, 2.24) is 10.2 Å². The monoisotopic (exact) mass is 298 g/mol. The maximum atomic E-state index is 12.2. The molecule has 0 atom stereocenters. The molecule has 0 unspecified atom stereocenters. The van der Waals surface area contributed by atoms with E-state index in [1.165, 1.54) is 49.9 Å². The van der Waals surface area contributed by atoms with Crippen molar-refractivity contribution in [2.45, 2.75) is 45.1 Å². The number of rotatable bonds is 5. The molecule has 0 spiro atoms. The van der Waals surface area contributed by atoms with Gasteiger partial charge in [-0.3, -0.25) is 9.69 Å². The van der Waals surface area contributed by atoms with Crippen molar-refractivity contribution in [1.29, 1.82) is 0 Å². The molecule has 0 aromatic heterocycles. The van der Waals surface area contributed by atoms with Crippen LogP contribution < -0.4 is 5.32 Å². The minimum absolute atomic E-state index is 0.0409. The fraction of sp³-hybridized carbons (Fsp3) is 0.526. The molecular weight excluding hydrogens is 272 g/mol. The molecule has 118 valence electrons. The highest BCUT2D eigenvalue weighted by molar-refractivity contribution is 5.94. The van der Waals surface area contributed by atoms with E-state index in [1.807, 2.05) is 12.1 Å². The minimum Gasteiger partial charge on any atom is -0.348 e. The first kappa shape index (κ1) is 15.3. The molecule has 1 saturated heterocycles. The zero-order valence-corrected chi connectivity index (χ0v) is 13.3. The fourth-order valence-electron chi connectivity index (χ4n) is 3.32. The van der Waals surface area contributed by atoms with E-state index in [0.29, 0.717) is 6.54 Å². The zero-order chi connectivity index (χ0) is 15.2. The summed E-state index contributed by atoms with van der Waals surface area (Å²) in [5, 5.41) is 3.04. The second-order valence-electron chi connectivity index (χ2n) is 6.47. The number of hydrogen-bond donors (Lipinski definition) is 1.